The first-order valence-electron chi connectivity index (χ1n) is 7.76. The summed E-state index contributed by atoms with van der Waals surface area (Å²) in [6.45, 7) is 4.44. The molecule has 126 valence electrons. The van der Waals surface area contributed by atoms with Crippen LogP contribution in [-0.4, -0.2) is 34.7 Å². The smallest absolute Gasteiger partial charge is 0.348 e. The molecule has 0 saturated heterocycles. The van der Waals surface area contributed by atoms with Gasteiger partial charge in [0.2, 0.25) is 6.10 Å². The van der Waals surface area contributed by atoms with E-state index in [1.807, 2.05) is 25.1 Å². The Kier molecular flexibility index (Phi) is 4.50. The van der Waals surface area contributed by atoms with Crippen LogP contribution in [-0.2, 0) is 11.3 Å². The van der Waals surface area contributed by atoms with E-state index in [4.69, 9.17) is 9.47 Å². The fourth-order valence-corrected chi connectivity index (χ4v) is 2.60. The molecule has 0 unspecified atom stereocenters. The largest absolute Gasteiger partial charge is 0.485 e. The molecule has 7 nitrogen and oxygen atoms in total. The molecule has 0 aliphatic carbocycles. The minimum Gasteiger partial charge on any atom is -0.485 e. The standard InChI is InChI=1S/C17H19N3O4/c1-11-9-12(2)20(17(22)19-11)8-7-18-16(21)15-10-23-13-5-3-4-6-14(13)24-15/h3-6,9,15H,7-8,10H2,1-2H3,(H,18,21)/t15-/m1/s1. The number of aromatic nitrogens is 2. The van der Waals surface area contributed by atoms with E-state index < -0.39 is 6.10 Å². The number of nitrogens with zero attached hydrogens (tertiary/aromatic N) is 2. The normalized spacial score (nSPS) is 15.8. The number of nitrogens with one attached hydrogen (secondary N) is 1. The topological polar surface area (TPSA) is 82.5 Å². The number of ether oxygens (including phenoxy) is 2. The second-order valence-corrected chi connectivity index (χ2v) is 5.63. The first-order chi connectivity index (χ1) is 11.5. The average Bonchev–Trinajstić information content (AvgIpc) is 2.56. The van der Waals surface area contributed by atoms with E-state index in [9.17, 15) is 9.59 Å². The monoisotopic (exact) mass is 329 g/mol. The average molecular weight is 329 g/mol. The van der Waals surface area contributed by atoms with E-state index in [-0.39, 0.29) is 18.2 Å². The Morgan fingerprint density at radius 2 is 2.08 bits per heavy atom. The highest BCUT2D eigenvalue weighted by Crippen LogP contribution is 2.30. The van der Waals surface area contributed by atoms with Gasteiger partial charge in [0.15, 0.2) is 11.5 Å². The minimum atomic E-state index is -0.700. The van der Waals surface area contributed by atoms with Crippen molar-refractivity contribution in [2.45, 2.75) is 26.5 Å². The van der Waals surface area contributed by atoms with Gasteiger partial charge >= 0.3 is 5.69 Å². The van der Waals surface area contributed by atoms with E-state index in [1.165, 1.54) is 4.57 Å². The van der Waals surface area contributed by atoms with Crippen LogP contribution in [0.25, 0.3) is 0 Å². The lowest BCUT2D eigenvalue weighted by Crippen LogP contribution is -2.45. The van der Waals surface area contributed by atoms with Crippen molar-refractivity contribution in [3.8, 4) is 11.5 Å². The van der Waals surface area contributed by atoms with E-state index >= 15 is 0 Å². The molecule has 0 spiro atoms. The summed E-state index contributed by atoms with van der Waals surface area (Å²) in [6.07, 6.45) is -0.700. The predicted octanol–water partition coefficient (Wildman–Crippen LogP) is 0.816. The van der Waals surface area contributed by atoms with Crippen LogP contribution in [0.15, 0.2) is 35.1 Å². The van der Waals surface area contributed by atoms with Gasteiger partial charge in [-0.1, -0.05) is 12.1 Å². The molecule has 1 N–H and O–H groups in total. The van der Waals surface area contributed by atoms with Crippen molar-refractivity contribution in [2.24, 2.45) is 0 Å². The SMILES string of the molecule is Cc1cc(C)n(CCNC(=O)[C@H]2COc3ccccc3O2)c(=O)n1. The Bertz CT molecular complexity index is 816. The second kappa shape index (κ2) is 6.74. The summed E-state index contributed by atoms with van der Waals surface area (Å²) in [5.41, 5.74) is 1.19. The summed E-state index contributed by atoms with van der Waals surface area (Å²) in [7, 11) is 0. The number of carbonyl (C=O) groups is 1. The molecule has 3 rings (SSSR count). The number of rotatable bonds is 4. The van der Waals surface area contributed by atoms with E-state index in [1.54, 1.807) is 19.1 Å². The molecule has 2 heterocycles. The molecule has 2 aromatic rings. The summed E-state index contributed by atoms with van der Waals surface area (Å²) in [5, 5.41) is 2.77. The lowest BCUT2D eigenvalue weighted by Gasteiger charge is -2.25. The van der Waals surface area contributed by atoms with Crippen LogP contribution >= 0.6 is 0 Å². The fourth-order valence-electron chi connectivity index (χ4n) is 2.60. The molecule has 1 aromatic heterocycles. The van der Waals surface area contributed by atoms with Crippen LogP contribution in [0.5, 0.6) is 11.5 Å². The van der Waals surface area contributed by atoms with Gasteiger partial charge in [0, 0.05) is 24.5 Å². The quantitative estimate of drug-likeness (QED) is 0.898. The number of para-hydroxylation sites is 2. The minimum absolute atomic E-state index is 0.161. The number of hydrogen-bond donors (Lipinski definition) is 1. The van der Waals surface area contributed by atoms with Crippen molar-refractivity contribution in [1.82, 2.24) is 14.9 Å². The third-order valence-corrected chi connectivity index (χ3v) is 3.78. The summed E-state index contributed by atoms with van der Waals surface area (Å²) in [6, 6.07) is 9.05. The molecule has 1 aromatic carbocycles. The van der Waals surface area contributed by atoms with Gasteiger partial charge in [-0.25, -0.2) is 4.79 Å². The Morgan fingerprint density at radius 1 is 1.33 bits per heavy atom. The maximum absolute atomic E-state index is 12.2. The van der Waals surface area contributed by atoms with Gasteiger partial charge < -0.3 is 14.8 Å². The molecule has 0 fully saturated rings. The number of hydrogen-bond acceptors (Lipinski definition) is 5. The highest BCUT2D eigenvalue weighted by Gasteiger charge is 2.26. The molecule has 7 heteroatoms. The lowest BCUT2D eigenvalue weighted by atomic mass is 10.2. The Labute approximate surface area is 139 Å². The van der Waals surface area contributed by atoms with E-state index in [2.05, 4.69) is 10.3 Å². The zero-order chi connectivity index (χ0) is 17.1. The summed E-state index contributed by atoms with van der Waals surface area (Å²) >= 11 is 0. The van der Waals surface area contributed by atoms with E-state index in [0.29, 0.717) is 30.3 Å². The van der Waals surface area contributed by atoms with Crippen LogP contribution < -0.4 is 20.5 Å². The Balaban J connectivity index is 1.56. The molecule has 0 bridgehead atoms. The highest BCUT2D eigenvalue weighted by atomic mass is 16.6. The van der Waals surface area contributed by atoms with Crippen molar-refractivity contribution >= 4 is 5.91 Å². The molecule has 0 radical (unpaired) electrons. The van der Waals surface area contributed by atoms with Gasteiger partial charge in [-0.15, -0.1) is 0 Å². The Hall–Kier alpha value is -2.83. The molecule has 0 saturated carbocycles. The van der Waals surface area contributed by atoms with E-state index in [0.717, 1.165) is 5.69 Å². The van der Waals surface area contributed by atoms with Crippen LogP contribution in [0.2, 0.25) is 0 Å². The number of aryl methyl sites for hydroxylation is 2. The summed E-state index contributed by atoms with van der Waals surface area (Å²) in [5.74, 6) is 0.920. The molecule has 1 amide bonds. The molecule has 1 aliphatic rings. The fraction of sp³-hybridized carbons (Fsp3) is 0.353. The molecule has 24 heavy (non-hydrogen) atoms. The van der Waals surface area contributed by atoms with Crippen molar-refractivity contribution in [2.75, 3.05) is 13.2 Å². The zero-order valence-corrected chi connectivity index (χ0v) is 13.6. The van der Waals surface area contributed by atoms with Gasteiger partial charge in [0.1, 0.15) is 6.61 Å². The molecular formula is C17H19N3O4. The van der Waals surface area contributed by atoms with Crippen LogP contribution in [0.4, 0.5) is 0 Å². The summed E-state index contributed by atoms with van der Waals surface area (Å²) in [4.78, 5) is 28.0. The Morgan fingerprint density at radius 3 is 2.83 bits per heavy atom. The zero-order valence-electron chi connectivity index (χ0n) is 13.6. The number of benzene rings is 1. The second-order valence-electron chi connectivity index (χ2n) is 5.63. The van der Waals surface area contributed by atoms with Crippen molar-refractivity contribution in [3.05, 3.63) is 52.2 Å². The highest BCUT2D eigenvalue weighted by molar-refractivity contribution is 5.81. The van der Waals surface area contributed by atoms with Gasteiger partial charge in [0.25, 0.3) is 5.91 Å². The van der Waals surface area contributed by atoms with Gasteiger partial charge in [-0.2, -0.15) is 4.98 Å². The van der Waals surface area contributed by atoms with Crippen molar-refractivity contribution in [3.63, 3.8) is 0 Å². The third-order valence-electron chi connectivity index (χ3n) is 3.78. The first-order valence-corrected chi connectivity index (χ1v) is 7.76. The predicted molar refractivity (Wildman–Crippen MR) is 87.3 cm³/mol. The van der Waals surface area contributed by atoms with Gasteiger partial charge in [0.05, 0.1) is 0 Å². The third kappa shape index (κ3) is 3.40. The maximum Gasteiger partial charge on any atom is 0.348 e. The van der Waals surface area contributed by atoms with Crippen LogP contribution in [0, 0.1) is 13.8 Å². The number of carbonyl (C=O) groups excluding carboxylic acids is 1. The molecule has 1 atom stereocenters. The van der Waals surface area contributed by atoms with Gasteiger partial charge in [-0.3, -0.25) is 9.36 Å². The first kappa shape index (κ1) is 16.0. The molecular weight excluding hydrogens is 310 g/mol. The summed E-state index contributed by atoms with van der Waals surface area (Å²) < 4.78 is 12.7. The number of fused-ring (bicyclic) bond motifs is 1. The number of amides is 1. The van der Waals surface area contributed by atoms with Crippen molar-refractivity contribution in [1.29, 1.82) is 0 Å². The van der Waals surface area contributed by atoms with Crippen LogP contribution in [0.3, 0.4) is 0 Å². The molecule has 1 aliphatic heterocycles. The van der Waals surface area contributed by atoms with Gasteiger partial charge in [-0.05, 0) is 32.0 Å². The van der Waals surface area contributed by atoms with Crippen LogP contribution in [0.1, 0.15) is 11.4 Å². The lowest BCUT2D eigenvalue weighted by molar-refractivity contribution is -0.130. The maximum atomic E-state index is 12.2. The van der Waals surface area contributed by atoms with Crippen molar-refractivity contribution < 1.29 is 14.3 Å².